The van der Waals surface area contributed by atoms with Crippen LogP contribution in [0.5, 0.6) is 0 Å². The van der Waals surface area contributed by atoms with Gasteiger partial charge in [-0.1, -0.05) is 50.2 Å². The fourth-order valence-electron chi connectivity index (χ4n) is 3.51. The molecule has 0 aliphatic carbocycles. The molecule has 0 saturated heterocycles. The molecule has 3 rings (SSSR count). The van der Waals surface area contributed by atoms with Crippen molar-refractivity contribution in [1.29, 1.82) is 0 Å². The third-order valence-electron chi connectivity index (χ3n) is 5.07. The molecule has 3 amide bonds. The Balaban J connectivity index is 1.67. The standard InChI is InChI=1S/C23H26N2O3/c1-14(2)13-17-9-11-18(12-10-17)15(3)24-21(26)16(4)25-22(27)19-7-5-6-8-20(19)23(25)28/h5-12,14-16H,13H2,1-4H3,(H,24,26). The average molecular weight is 378 g/mol. The van der Waals surface area contributed by atoms with Crippen LogP contribution in [0.25, 0.3) is 0 Å². The summed E-state index contributed by atoms with van der Waals surface area (Å²) in [5.74, 6) is -0.611. The van der Waals surface area contributed by atoms with Gasteiger partial charge in [-0.15, -0.1) is 0 Å². The third kappa shape index (κ3) is 3.84. The zero-order chi connectivity index (χ0) is 20.4. The van der Waals surface area contributed by atoms with Crippen molar-refractivity contribution in [2.75, 3.05) is 0 Å². The van der Waals surface area contributed by atoms with E-state index in [1.807, 2.05) is 19.1 Å². The highest BCUT2D eigenvalue weighted by Gasteiger charge is 2.40. The Kier molecular flexibility index (Phi) is 5.63. The largest absolute Gasteiger partial charge is 0.348 e. The van der Waals surface area contributed by atoms with Gasteiger partial charge in [-0.05, 0) is 49.4 Å². The van der Waals surface area contributed by atoms with Crippen molar-refractivity contribution in [2.24, 2.45) is 5.92 Å². The van der Waals surface area contributed by atoms with Gasteiger partial charge >= 0.3 is 0 Å². The summed E-state index contributed by atoms with van der Waals surface area (Å²) in [6, 6.07) is 13.7. The molecule has 0 saturated carbocycles. The Hall–Kier alpha value is -2.95. The molecule has 2 aromatic rings. The van der Waals surface area contributed by atoms with Crippen LogP contribution in [-0.4, -0.2) is 28.7 Å². The lowest BCUT2D eigenvalue weighted by atomic mass is 10.00. The molecule has 0 bridgehead atoms. The Morgan fingerprint density at radius 3 is 1.93 bits per heavy atom. The second kappa shape index (κ2) is 7.97. The predicted molar refractivity (Wildman–Crippen MR) is 108 cm³/mol. The van der Waals surface area contributed by atoms with E-state index in [0.29, 0.717) is 17.0 Å². The lowest BCUT2D eigenvalue weighted by Gasteiger charge is -2.24. The van der Waals surface area contributed by atoms with Gasteiger partial charge in [0.1, 0.15) is 6.04 Å². The molecule has 1 heterocycles. The summed E-state index contributed by atoms with van der Waals surface area (Å²) in [4.78, 5) is 38.9. The number of nitrogens with one attached hydrogen (secondary N) is 1. The normalized spacial score (nSPS) is 15.5. The first kappa shape index (κ1) is 19.8. The van der Waals surface area contributed by atoms with Crippen LogP contribution < -0.4 is 5.32 Å². The zero-order valence-electron chi connectivity index (χ0n) is 16.7. The molecule has 2 aromatic carbocycles. The van der Waals surface area contributed by atoms with Crippen LogP contribution in [0.4, 0.5) is 0 Å². The van der Waals surface area contributed by atoms with E-state index in [0.717, 1.165) is 16.9 Å². The summed E-state index contributed by atoms with van der Waals surface area (Å²) in [5, 5.41) is 2.92. The van der Waals surface area contributed by atoms with Crippen LogP contribution in [0, 0.1) is 5.92 Å². The van der Waals surface area contributed by atoms with E-state index < -0.39 is 17.9 Å². The molecule has 2 unspecified atom stereocenters. The fraction of sp³-hybridized carbons (Fsp3) is 0.348. The smallest absolute Gasteiger partial charge is 0.262 e. The second-order valence-corrected chi connectivity index (χ2v) is 7.77. The van der Waals surface area contributed by atoms with Gasteiger partial charge in [0.2, 0.25) is 5.91 Å². The highest BCUT2D eigenvalue weighted by atomic mass is 16.2. The lowest BCUT2D eigenvalue weighted by Crippen LogP contribution is -2.48. The van der Waals surface area contributed by atoms with Crippen molar-refractivity contribution in [3.8, 4) is 0 Å². The van der Waals surface area contributed by atoms with Crippen LogP contribution in [0.1, 0.15) is 65.6 Å². The Morgan fingerprint density at radius 1 is 0.893 bits per heavy atom. The number of carbonyl (C=O) groups excluding carboxylic acids is 3. The summed E-state index contributed by atoms with van der Waals surface area (Å²) in [7, 11) is 0. The maximum absolute atomic E-state index is 12.7. The number of amides is 3. The van der Waals surface area contributed by atoms with Gasteiger partial charge in [0.25, 0.3) is 11.8 Å². The van der Waals surface area contributed by atoms with Gasteiger partial charge < -0.3 is 5.32 Å². The SMILES string of the molecule is CC(C)Cc1ccc(C(C)NC(=O)C(C)N2C(=O)c3ccccc3C2=O)cc1. The summed E-state index contributed by atoms with van der Waals surface area (Å²) >= 11 is 0. The van der Waals surface area contributed by atoms with E-state index in [2.05, 4.69) is 31.3 Å². The summed E-state index contributed by atoms with van der Waals surface area (Å²) < 4.78 is 0. The summed E-state index contributed by atoms with van der Waals surface area (Å²) in [5.41, 5.74) is 2.94. The number of hydrogen-bond acceptors (Lipinski definition) is 3. The monoisotopic (exact) mass is 378 g/mol. The number of imide groups is 1. The summed E-state index contributed by atoms with van der Waals surface area (Å²) in [6.45, 7) is 7.83. The Morgan fingerprint density at radius 2 is 1.43 bits per heavy atom. The molecule has 5 nitrogen and oxygen atoms in total. The minimum absolute atomic E-state index is 0.224. The van der Waals surface area contributed by atoms with Crippen LogP contribution in [0.2, 0.25) is 0 Å². The molecule has 2 atom stereocenters. The van der Waals surface area contributed by atoms with Crippen LogP contribution >= 0.6 is 0 Å². The molecule has 0 fully saturated rings. The highest BCUT2D eigenvalue weighted by molar-refractivity contribution is 6.22. The molecule has 0 aromatic heterocycles. The number of benzene rings is 2. The van der Waals surface area contributed by atoms with E-state index in [1.165, 1.54) is 5.56 Å². The van der Waals surface area contributed by atoms with Crippen LogP contribution in [0.15, 0.2) is 48.5 Å². The van der Waals surface area contributed by atoms with Crippen molar-refractivity contribution in [3.05, 3.63) is 70.8 Å². The maximum atomic E-state index is 12.7. The fourth-order valence-corrected chi connectivity index (χ4v) is 3.51. The number of rotatable bonds is 6. The number of fused-ring (bicyclic) bond motifs is 1. The number of hydrogen-bond donors (Lipinski definition) is 1. The van der Waals surface area contributed by atoms with Gasteiger partial charge in [0.05, 0.1) is 17.2 Å². The first-order chi connectivity index (χ1) is 13.3. The van der Waals surface area contributed by atoms with Crippen molar-refractivity contribution < 1.29 is 14.4 Å². The van der Waals surface area contributed by atoms with Gasteiger partial charge in [0.15, 0.2) is 0 Å². The summed E-state index contributed by atoms with van der Waals surface area (Å²) in [6.07, 6.45) is 1.01. The minimum atomic E-state index is -0.880. The quantitative estimate of drug-likeness (QED) is 0.779. The molecule has 0 radical (unpaired) electrons. The van der Waals surface area contributed by atoms with Crippen molar-refractivity contribution in [2.45, 2.75) is 46.2 Å². The minimum Gasteiger partial charge on any atom is -0.348 e. The van der Waals surface area contributed by atoms with Crippen molar-refractivity contribution in [1.82, 2.24) is 10.2 Å². The van der Waals surface area contributed by atoms with Gasteiger partial charge in [-0.2, -0.15) is 0 Å². The highest BCUT2D eigenvalue weighted by Crippen LogP contribution is 2.25. The maximum Gasteiger partial charge on any atom is 0.262 e. The third-order valence-corrected chi connectivity index (χ3v) is 5.07. The van der Waals surface area contributed by atoms with E-state index in [9.17, 15) is 14.4 Å². The van der Waals surface area contributed by atoms with E-state index in [4.69, 9.17) is 0 Å². The number of carbonyl (C=O) groups is 3. The van der Waals surface area contributed by atoms with Gasteiger partial charge in [-0.3, -0.25) is 19.3 Å². The van der Waals surface area contributed by atoms with E-state index >= 15 is 0 Å². The molecular weight excluding hydrogens is 352 g/mol. The van der Waals surface area contributed by atoms with E-state index in [-0.39, 0.29) is 11.9 Å². The van der Waals surface area contributed by atoms with Gasteiger partial charge in [-0.25, -0.2) is 0 Å². The first-order valence-corrected chi connectivity index (χ1v) is 9.65. The Labute approximate surface area is 165 Å². The van der Waals surface area contributed by atoms with Crippen LogP contribution in [0.3, 0.4) is 0 Å². The zero-order valence-corrected chi connectivity index (χ0v) is 16.7. The molecular formula is C23H26N2O3. The molecule has 0 spiro atoms. The van der Waals surface area contributed by atoms with Crippen LogP contribution in [-0.2, 0) is 11.2 Å². The van der Waals surface area contributed by atoms with Crippen molar-refractivity contribution >= 4 is 17.7 Å². The van der Waals surface area contributed by atoms with E-state index in [1.54, 1.807) is 31.2 Å². The second-order valence-electron chi connectivity index (χ2n) is 7.77. The molecule has 1 N–H and O–H groups in total. The molecule has 5 heteroatoms. The first-order valence-electron chi connectivity index (χ1n) is 9.65. The molecule has 28 heavy (non-hydrogen) atoms. The predicted octanol–water partition coefficient (Wildman–Crippen LogP) is 3.75. The van der Waals surface area contributed by atoms with Crippen molar-refractivity contribution in [3.63, 3.8) is 0 Å². The van der Waals surface area contributed by atoms with Gasteiger partial charge in [0, 0.05) is 0 Å². The average Bonchev–Trinajstić information content (AvgIpc) is 2.92. The Bertz CT molecular complexity index is 867. The molecule has 146 valence electrons. The molecule has 1 aliphatic heterocycles. The topological polar surface area (TPSA) is 66.5 Å². The lowest BCUT2D eigenvalue weighted by molar-refractivity contribution is -0.125. The number of nitrogens with zero attached hydrogens (tertiary/aromatic N) is 1. The molecule has 1 aliphatic rings.